The van der Waals surface area contributed by atoms with Gasteiger partial charge in [-0.25, -0.2) is 4.98 Å². The summed E-state index contributed by atoms with van der Waals surface area (Å²) < 4.78 is 4.96. The van der Waals surface area contributed by atoms with Crippen LogP contribution in [0.25, 0.3) is 10.9 Å². The maximum Gasteiger partial charge on any atom is 0.307 e. The third-order valence-corrected chi connectivity index (χ3v) is 4.17. The average molecular weight is 326 g/mol. The van der Waals surface area contributed by atoms with Gasteiger partial charge in [0.1, 0.15) is 5.69 Å². The van der Waals surface area contributed by atoms with Crippen molar-refractivity contribution in [1.82, 2.24) is 9.88 Å². The van der Waals surface area contributed by atoms with Crippen LogP contribution in [0.15, 0.2) is 36.4 Å². The van der Waals surface area contributed by atoms with Crippen LogP contribution in [-0.4, -0.2) is 41.5 Å². The van der Waals surface area contributed by atoms with Crippen LogP contribution in [0.1, 0.15) is 36.7 Å². The Bertz CT molecular complexity index is 740. The largest absolute Gasteiger partial charge is 0.466 e. The van der Waals surface area contributed by atoms with Gasteiger partial charge in [-0.2, -0.15) is 0 Å². The number of aromatic nitrogens is 1. The molecule has 0 saturated heterocycles. The Balaban J connectivity index is 1.74. The smallest absolute Gasteiger partial charge is 0.307 e. The summed E-state index contributed by atoms with van der Waals surface area (Å²) in [7, 11) is 0. The molecular formula is C19H22N2O3. The van der Waals surface area contributed by atoms with Crippen LogP contribution in [0.3, 0.4) is 0 Å². The van der Waals surface area contributed by atoms with E-state index in [1.165, 1.54) is 0 Å². The molecule has 1 aromatic heterocycles. The van der Waals surface area contributed by atoms with Crippen LogP contribution < -0.4 is 0 Å². The zero-order chi connectivity index (χ0) is 16.9. The van der Waals surface area contributed by atoms with E-state index in [0.29, 0.717) is 31.3 Å². The summed E-state index contributed by atoms with van der Waals surface area (Å²) in [6.07, 6.45) is 2.52. The number of hydrogen-bond acceptors (Lipinski definition) is 4. The van der Waals surface area contributed by atoms with Gasteiger partial charge in [-0.1, -0.05) is 24.3 Å². The molecular weight excluding hydrogens is 304 g/mol. The van der Waals surface area contributed by atoms with E-state index >= 15 is 0 Å². The van der Waals surface area contributed by atoms with Gasteiger partial charge in [0, 0.05) is 18.5 Å². The third-order valence-electron chi connectivity index (χ3n) is 4.17. The highest BCUT2D eigenvalue weighted by Crippen LogP contribution is 2.30. The molecule has 2 aromatic rings. The molecule has 0 unspecified atom stereocenters. The minimum absolute atomic E-state index is 0.114. The Hall–Kier alpha value is -2.43. The fraction of sp³-hybridized carbons (Fsp3) is 0.421. The topological polar surface area (TPSA) is 59.5 Å². The first kappa shape index (κ1) is 16.4. The number of carbonyl (C=O) groups is 2. The predicted molar refractivity (Wildman–Crippen MR) is 91.6 cm³/mol. The van der Waals surface area contributed by atoms with Gasteiger partial charge in [-0.05, 0) is 37.8 Å². The van der Waals surface area contributed by atoms with Crippen molar-refractivity contribution < 1.29 is 14.3 Å². The normalized spacial score (nSPS) is 13.7. The predicted octanol–water partition coefficient (Wildman–Crippen LogP) is 3.04. The second kappa shape index (κ2) is 7.43. The van der Waals surface area contributed by atoms with Crippen LogP contribution in [0.5, 0.6) is 0 Å². The van der Waals surface area contributed by atoms with E-state index in [-0.39, 0.29) is 18.3 Å². The lowest BCUT2D eigenvalue weighted by molar-refractivity contribution is -0.143. The van der Waals surface area contributed by atoms with E-state index in [0.717, 1.165) is 23.7 Å². The summed E-state index contributed by atoms with van der Waals surface area (Å²) in [5.41, 5.74) is 1.23. The van der Waals surface area contributed by atoms with Gasteiger partial charge in [-0.3, -0.25) is 9.59 Å². The van der Waals surface area contributed by atoms with Crippen molar-refractivity contribution in [2.24, 2.45) is 5.92 Å². The van der Waals surface area contributed by atoms with Crippen LogP contribution in [0, 0.1) is 5.92 Å². The second-order valence-electron chi connectivity index (χ2n) is 6.14. The van der Waals surface area contributed by atoms with Gasteiger partial charge in [-0.15, -0.1) is 0 Å². The summed E-state index contributed by atoms with van der Waals surface area (Å²) in [6.45, 7) is 3.21. The number of esters is 1. The van der Waals surface area contributed by atoms with E-state index < -0.39 is 0 Å². The molecule has 1 fully saturated rings. The van der Waals surface area contributed by atoms with Crippen LogP contribution in [0.2, 0.25) is 0 Å². The highest BCUT2D eigenvalue weighted by molar-refractivity contribution is 5.95. The van der Waals surface area contributed by atoms with Gasteiger partial charge in [0.05, 0.1) is 18.5 Å². The van der Waals surface area contributed by atoms with Crippen LogP contribution in [0.4, 0.5) is 0 Å². The molecule has 126 valence electrons. The maximum atomic E-state index is 12.8. The third kappa shape index (κ3) is 4.10. The average Bonchev–Trinajstić information content (AvgIpc) is 3.42. The standard InChI is InChI=1S/C19H22N2O3/c1-2-24-18(22)11-12-21(13-14-7-8-14)19(23)17-10-9-15-5-3-4-6-16(15)20-17/h3-6,9-10,14H,2,7-8,11-13H2,1H3. The lowest BCUT2D eigenvalue weighted by Crippen LogP contribution is -2.35. The fourth-order valence-electron chi connectivity index (χ4n) is 2.69. The fourth-order valence-corrected chi connectivity index (χ4v) is 2.69. The molecule has 1 aromatic carbocycles. The number of ether oxygens (including phenoxy) is 1. The van der Waals surface area contributed by atoms with Crippen LogP contribution >= 0.6 is 0 Å². The minimum Gasteiger partial charge on any atom is -0.466 e. The Kier molecular flexibility index (Phi) is 5.08. The van der Waals surface area contributed by atoms with E-state index in [9.17, 15) is 9.59 Å². The van der Waals surface area contributed by atoms with Gasteiger partial charge < -0.3 is 9.64 Å². The van der Waals surface area contributed by atoms with Crippen LogP contribution in [-0.2, 0) is 9.53 Å². The molecule has 1 heterocycles. The number of para-hydroxylation sites is 1. The molecule has 5 nitrogen and oxygen atoms in total. The number of rotatable bonds is 7. The molecule has 0 aliphatic heterocycles. The Morgan fingerprint density at radius 3 is 2.75 bits per heavy atom. The molecule has 0 spiro atoms. The summed E-state index contributed by atoms with van der Waals surface area (Å²) >= 11 is 0. The van der Waals surface area contributed by atoms with Crippen molar-refractivity contribution in [3.05, 3.63) is 42.1 Å². The van der Waals surface area contributed by atoms with Gasteiger partial charge in [0.25, 0.3) is 5.91 Å². The van der Waals surface area contributed by atoms with Crippen molar-refractivity contribution >= 4 is 22.8 Å². The maximum absolute atomic E-state index is 12.8. The molecule has 1 aliphatic rings. The first-order chi connectivity index (χ1) is 11.7. The SMILES string of the molecule is CCOC(=O)CCN(CC1CC1)C(=O)c1ccc2ccccc2n1. The van der Waals surface area contributed by atoms with E-state index in [4.69, 9.17) is 4.74 Å². The van der Waals surface area contributed by atoms with Crippen molar-refractivity contribution in [1.29, 1.82) is 0 Å². The number of carbonyl (C=O) groups excluding carboxylic acids is 2. The first-order valence-electron chi connectivity index (χ1n) is 8.48. The molecule has 0 N–H and O–H groups in total. The highest BCUT2D eigenvalue weighted by atomic mass is 16.5. The van der Waals surface area contributed by atoms with Gasteiger partial charge in [0.2, 0.25) is 0 Å². The Morgan fingerprint density at radius 1 is 1.21 bits per heavy atom. The number of amides is 1. The summed E-state index contributed by atoms with van der Waals surface area (Å²) in [4.78, 5) is 30.7. The Labute approximate surface area is 141 Å². The molecule has 0 bridgehead atoms. The summed E-state index contributed by atoms with van der Waals surface area (Å²) in [6, 6.07) is 11.4. The van der Waals surface area contributed by atoms with E-state index in [1.807, 2.05) is 30.3 Å². The monoisotopic (exact) mass is 326 g/mol. The molecule has 1 aliphatic carbocycles. The quantitative estimate of drug-likeness (QED) is 0.734. The summed E-state index contributed by atoms with van der Waals surface area (Å²) in [5.74, 6) is 0.172. The lowest BCUT2D eigenvalue weighted by atomic mass is 10.2. The van der Waals surface area contributed by atoms with E-state index in [1.54, 1.807) is 17.9 Å². The van der Waals surface area contributed by atoms with Crippen molar-refractivity contribution in [2.75, 3.05) is 19.7 Å². The molecule has 5 heteroatoms. The van der Waals surface area contributed by atoms with Crippen molar-refractivity contribution in [2.45, 2.75) is 26.2 Å². The molecule has 0 radical (unpaired) electrons. The van der Waals surface area contributed by atoms with E-state index in [2.05, 4.69) is 4.98 Å². The van der Waals surface area contributed by atoms with Gasteiger partial charge in [0.15, 0.2) is 0 Å². The lowest BCUT2D eigenvalue weighted by Gasteiger charge is -2.22. The summed E-state index contributed by atoms with van der Waals surface area (Å²) in [5, 5.41) is 1.01. The Morgan fingerprint density at radius 2 is 2.00 bits per heavy atom. The number of nitrogens with zero attached hydrogens (tertiary/aromatic N) is 2. The molecule has 1 amide bonds. The molecule has 3 rings (SSSR count). The number of hydrogen-bond donors (Lipinski definition) is 0. The van der Waals surface area contributed by atoms with Crippen molar-refractivity contribution in [3.8, 4) is 0 Å². The number of fused-ring (bicyclic) bond motifs is 1. The van der Waals surface area contributed by atoms with Crippen molar-refractivity contribution in [3.63, 3.8) is 0 Å². The molecule has 0 atom stereocenters. The first-order valence-corrected chi connectivity index (χ1v) is 8.48. The number of benzene rings is 1. The minimum atomic E-state index is -0.266. The zero-order valence-electron chi connectivity index (χ0n) is 13.9. The number of pyridine rings is 1. The highest BCUT2D eigenvalue weighted by Gasteiger charge is 2.28. The molecule has 24 heavy (non-hydrogen) atoms. The van der Waals surface area contributed by atoms with Gasteiger partial charge >= 0.3 is 5.97 Å². The molecule has 1 saturated carbocycles. The second-order valence-corrected chi connectivity index (χ2v) is 6.14. The zero-order valence-corrected chi connectivity index (χ0v) is 13.9.